The molecule has 1 aromatic rings. The number of carbonyl (C=O) groups excluding carboxylic acids is 1. The Hall–Kier alpha value is -0.690. The van der Waals surface area contributed by atoms with E-state index in [-0.39, 0.29) is 33.2 Å². The van der Waals surface area contributed by atoms with Crippen molar-refractivity contribution in [2.24, 2.45) is 0 Å². The lowest BCUT2D eigenvalue weighted by Gasteiger charge is -2.26. The molecule has 0 aliphatic rings. The number of amides is 1. The summed E-state index contributed by atoms with van der Waals surface area (Å²) in [5.41, 5.74) is 0.124. The molecule has 9 heteroatoms. The van der Waals surface area contributed by atoms with Crippen LogP contribution in [-0.2, 0) is 14.8 Å². The number of sulfonamides is 1. The van der Waals surface area contributed by atoms with Gasteiger partial charge in [0.25, 0.3) is 0 Å². The Labute approximate surface area is 145 Å². The second-order valence-corrected chi connectivity index (χ2v) is 7.68. The van der Waals surface area contributed by atoms with Gasteiger partial charge in [0, 0.05) is 13.1 Å². The zero-order chi connectivity index (χ0) is 17.1. The number of anilines is 1. The molecule has 0 aromatic heterocycles. The molecule has 5 nitrogen and oxygen atoms in total. The molecule has 1 aromatic carbocycles. The van der Waals surface area contributed by atoms with E-state index >= 15 is 0 Å². The fourth-order valence-corrected chi connectivity index (χ4v) is 3.43. The van der Waals surface area contributed by atoms with Crippen LogP contribution in [0.2, 0.25) is 15.1 Å². The smallest absolute Gasteiger partial charge is 0.243 e. The number of carbonyl (C=O) groups is 1. The number of hydrogen-bond donors (Lipinski definition) is 0. The third kappa shape index (κ3) is 4.65. The topological polar surface area (TPSA) is 57.7 Å². The molecular formula is C13H17Cl3N2O3S. The number of likely N-dealkylation sites (N-methyl/N-ethyl adjacent to an activating group) is 1. The minimum Gasteiger partial charge on any atom is -0.342 e. The van der Waals surface area contributed by atoms with Crippen molar-refractivity contribution in [1.82, 2.24) is 4.90 Å². The minimum absolute atomic E-state index is 0.104. The maximum Gasteiger partial charge on any atom is 0.243 e. The van der Waals surface area contributed by atoms with Crippen LogP contribution >= 0.6 is 34.8 Å². The monoisotopic (exact) mass is 386 g/mol. The van der Waals surface area contributed by atoms with E-state index in [0.29, 0.717) is 13.1 Å². The van der Waals surface area contributed by atoms with Crippen LogP contribution in [0.15, 0.2) is 12.1 Å². The maximum absolute atomic E-state index is 12.2. The van der Waals surface area contributed by atoms with Crippen LogP contribution in [-0.4, -0.2) is 45.1 Å². The van der Waals surface area contributed by atoms with E-state index in [9.17, 15) is 13.2 Å². The van der Waals surface area contributed by atoms with Crippen LogP contribution in [0.1, 0.15) is 13.8 Å². The average molecular weight is 388 g/mol. The third-order valence-corrected chi connectivity index (χ3v) is 5.21. The molecule has 1 amide bonds. The van der Waals surface area contributed by atoms with Gasteiger partial charge in [0.15, 0.2) is 0 Å². The minimum atomic E-state index is -3.72. The van der Waals surface area contributed by atoms with Crippen molar-refractivity contribution >= 4 is 56.4 Å². The Morgan fingerprint density at radius 3 is 2.00 bits per heavy atom. The fraction of sp³-hybridized carbons (Fsp3) is 0.462. The molecule has 0 aliphatic heterocycles. The van der Waals surface area contributed by atoms with Crippen molar-refractivity contribution in [3.05, 3.63) is 27.2 Å². The van der Waals surface area contributed by atoms with E-state index in [1.807, 2.05) is 13.8 Å². The molecule has 0 N–H and O–H groups in total. The molecule has 0 spiro atoms. The predicted octanol–water partition coefficient (Wildman–Crippen LogP) is 3.28. The van der Waals surface area contributed by atoms with Crippen LogP contribution in [0.25, 0.3) is 0 Å². The number of benzene rings is 1. The van der Waals surface area contributed by atoms with Crippen LogP contribution in [0.4, 0.5) is 5.69 Å². The second kappa shape index (κ2) is 7.73. The lowest BCUT2D eigenvalue weighted by molar-refractivity contribution is -0.129. The van der Waals surface area contributed by atoms with Crippen molar-refractivity contribution in [3.63, 3.8) is 0 Å². The molecule has 0 heterocycles. The van der Waals surface area contributed by atoms with Crippen LogP contribution in [0.5, 0.6) is 0 Å². The standard InChI is InChI=1S/C13H17Cl3N2O3S/c1-4-17(5-2)13(19)8-18(22(3,20)21)12-7-10(15)9(14)6-11(12)16/h6-7H,4-5,8H2,1-3H3. The van der Waals surface area contributed by atoms with E-state index in [4.69, 9.17) is 34.8 Å². The van der Waals surface area contributed by atoms with Gasteiger partial charge in [0.05, 0.1) is 27.0 Å². The van der Waals surface area contributed by atoms with Crippen molar-refractivity contribution < 1.29 is 13.2 Å². The quantitative estimate of drug-likeness (QED) is 0.704. The molecule has 0 unspecified atom stereocenters. The highest BCUT2D eigenvalue weighted by atomic mass is 35.5. The summed E-state index contributed by atoms with van der Waals surface area (Å²) in [7, 11) is -3.72. The molecule has 0 aliphatic carbocycles. The molecule has 0 radical (unpaired) electrons. The number of nitrogens with zero attached hydrogens (tertiary/aromatic N) is 2. The highest BCUT2D eigenvalue weighted by molar-refractivity contribution is 7.92. The van der Waals surface area contributed by atoms with Crippen molar-refractivity contribution in [1.29, 1.82) is 0 Å². The number of rotatable bonds is 6. The van der Waals surface area contributed by atoms with Gasteiger partial charge in [0.2, 0.25) is 15.9 Å². The largest absolute Gasteiger partial charge is 0.342 e. The van der Waals surface area contributed by atoms with Gasteiger partial charge in [-0.25, -0.2) is 8.42 Å². The van der Waals surface area contributed by atoms with Gasteiger partial charge in [-0.05, 0) is 26.0 Å². The average Bonchev–Trinajstić information content (AvgIpc) is 2.41. The van der Waals surface area contributed by atoms with Gasteiger partial charge in [-0.1, -0.05) is 34.8 Å². The summed E-state index contributed by atoms with van der Waals surface area (Å²) in [6.45, 7) is 4.26. The molecule has 0 atom stereocenters. The highest BCUT2D eigenvalue weighted by Crippen LogP contribution is 2.35. The SMILES string of the molecule is CCN(CC)C(=O)CN(c1cc(Cl)c(Cl)cc1Cl)S(C)(=O)=O. The second-order valence-electron chi connectivity index (χ2n) is 4.55. The summed E-state index contributed by atoms with van der Waals surface area (Å²) in [5.74, 6) is -0.322. The number of halogens is 3. The lowest BCUT2D eigenvalue weighted by Crippen LogP contribution is -2.42. The molecule has 124 valence electrons. The first-order chi connectivity index (χ1) is 10.1. The summed E-state index contributed by atoms with van der Waals surface area (Å²) in [6.07, 6.45) is 1.00. The van der Waals surface area contributed by atoms with E-state index in [1.165, 1.54) is 17.0 Å². The normalized spacial score (nSPS) is 11.4. The molecule has 0 fully saturated rings. The van der Waals surface area contributed by atoms with Gasteiger partial charge in [-0.3, -0.25) is 9.10 Å². The Kier molecular flexibility index (Phi) is 6.80. The van der Waals surface area contributed by atoms with Crippen LogP contribution in [0.3, 0.4) is 0 Å². The molecule has 0 bridgehead atoms. The van der Waals surface area contributed by atoms with E-state index in [1.54, 1.807) is 0 Å². The molecule has 0 saturated heterocycles. The summed E-state index contributed by atoms with van der Waals surface area (Å²) < 4.78 is 25.0. The van der Waals surface area contributed by atoms with E-state index in [2.05, 4.69) is 0 Å². The summed E-state index contributed by atoms with van der Waals surface area (Å²) in [4.78, 5) is 13.7. The van der Waals surface area contributed by atoms with Gasteiger partial charge >= 0.3 is 0 Å². The highest BCUT2D eigenvalue weighted by Gasteiger charge is 2.25. The Bertz CT molecular complexity index is 661. The lowest BCUT2D eigenvalue weighted by atomic mass is 10.3. The van der Waals surface area contributed by atoms with Crippen LogP contribution in [0, 0.1) is 0 Å². The first-order valence-corrected chi connectivity index (χ1v) is 9.50. The molecule has 22 heavy (non-hydrogen) atoms. The van der Waals surface area contributed by atoms with Gasteiger partial charge < -0.3 is 4.90 Å². The van der Waals surface area contributed by atoms with Gasteiger partial charge in [0.1, 0.15) is 6.54 Å². The molecule has 1 rings (SSSR count). The zero-order valence-corrected chi connectivity index (χ0v) is 15.5. The fourth-order valence-electron chi connectivity index (χ4n) is 1.88. The zero-order valence-electron chi connectivity index (χ0n) is 12.4. The van der Waals surface area contributed by atoms with Gasteiger partial charge in [-0.2, -0.15) is 0 Å². The van der Waals surface area contributed by atoms with E-state index < -0.39 is 10.0 Å². The van der Waals surface area contributed by atoms with Crippen molar-refractivity contribution in [2.75, 3.05) is 30.2 Å². The third-order valence-electron chi connectivity index (χ3n) is 3.05. The van der Waals surface area contributed by atoms with Gasteiger partial charge in [-0.15, -0.1) is 0 Å². The maximum atomic E-state index is 12.2. The Balaban J connectivity index is 3.27. The first kappa shape index (κ1) is 19.4. The Morgan fingerprint density at radius 1 is 1.05 bits per heavy atom. The summed E-state index contributed by atoms with van der Waals surface area (Å²) in [6, 6.07) is 2.68. The van der Waals surface area contributed by atoms with Crippen LogP contribution < -0.4 is 4.31 Å². The van der Waals surface area contributed by atoms with Crippen molar-refractivity contribution in [2.45, 2.75) is 13.8 Å². The molecule has 0 saturated carbocycles. The summed E-state index contributed by atoms with van der Waals surface area (Å²) in [5, 5.41) is 0.469. The van der Waals surface area contributed by atoms with E-state index in [0.717, 1.165) is 10.6 Å². The molecular weight excluding hydrogens is 371 g/mol. The summed E-state index contributed by atoms with van der Waals surface area (Å²) >= 11 is 17.8. The van der Waals surface area contributed by atoms with Crippen molar-refractivity contribution in [3.8, 4) is 0 Å². The Morgan fingerprint density at radius 2 is 1.55 bits per heavy atom. The first-order valence-electron chi connectivity index (χ1n) is 6.51. The predicted molar refractivity (Wildman–Crippen MR) is 91.6 cm³/mol. The number of hydrogen-bond acceptors (Lipinski definition) is 3.